The Morgan fingerprint density at radius 2 is 1.91 bits per heavy atom. The molecule has 0 amide bonds. The van der Waals surface area contributed by atoms with Crippen LogP contribution >= 0.6 is 11.6 Å². The Morgan fingerprint density at radius 3 is 2.39 bits per heavy atom. The summed E-state index contributed by atoms with van der Waals surface area (Å²) >= 11 is 5.79. The summed E-state index contributed by atoms with van der Waals surface area (Å²) in [7, 11) is 0. The molecular weight excluding hydrogens is 338 g/mol. The molecule has 23 heavy (non-hydrogen) atoms. The topological polar surface area (TPSA) is 39.9 Å². The highest BCUT2D eigenvalue weighted by Gasteiger charge is 2.50. The molecule has 4 nitrogen and oxygen atoms in total. The Morgan fingerprint density at radius 1 is 1.26 bits per heavy atom. The Hall–Kier alpha value is -1.67. The summed E-state index contributed by atoms with van der Waals surface area (Å²) in [6.45, 7) is 1.36. The SMILES string of the molecule is CCC(Cn1cncn1)(OC(F)(F)C(F)F)c1ccc(Cl)cc1. The fourth-order valence-corrected chi connectivity index (χ4v) is 2.33. The van der Waals surface area contributed by atoms with E-state index in [0.717, 1.165) is 0 Å². The third-order valence-corrected chi connectivity index (χ3v) is 3.66. The van der Waals surface area contributed by atoms with Crippen molar-refractivity contribution in [1.29, 1.82) is 0 Å². The summed E-state index contributed by atoms with van der Waals surface area (Å²) in [6.07, 6.45) is -6.03. The van der Waals surface area contributed by atoms with Crippen LogP contribution in [0.3, 0.4) is 0 Å². The molecule has 0 aliphatic carbocycles. The van der Waals surface area contributed by atoms with Crippen molar-refractivity contribution < 1.29 is 22.3 Å². The number of benzene rings is 1. The summed E-state index contributed by atoms with van der Waals surface area (Å²) in [5.74, 6) is 0. The first kappa shape index (κ1) is 17.7. The largest absolute Gasteiger partial charge is 0.417 e. The smallest absolute Gasteiger partial charge is 0.302 e. The van der Waals surface area contributed by atoms with Crippen LogP contribution in [0.5, 0.6) is 0 Å². The molecule has 2 rings (SSSR count). The molecule has 1 unspecified atom stereocenters. The third kappa shape index (κ3) is 4.00. The highest BCUT2D eigenvalue weighted by Crippen LogP contribution is 2.39. The molecule has 0 bridgehead atoms. The minimum atomic E-state index is -4.60. The van der Waals surface area contributed by atoms with Crippen LogP contribution in [-0.4, -0.2) is 27.3 Å². The van der Waals surface area contributed by atoms with Crippen molar-refractivity contribution in [1.82, 2.24) is 14.8 Å². The molecule has 2 aromatic rings. The molecule has 126 valence electrons. The van der Waals surface area contributed by atoms with Gasteiger partial charge in [-0.25, -0.2) is 18.4 Å². The van der Waals surface area contributed by atoms with E-state index >= 15 is 0 Å². The van der Waals surface area contributed by atoms with Gasteiger partial charge < -0.3 is 4.74 Å². The predicted molar refractivity (Wildman–Crippen MR) is 75.5 cm³/mol. The minimum absolute atomic E-state index is 0.0107. The highest BCUT2D eigenvalue weighted by molar-refractivity contribution is 6.30. The van der Waals surface area contributed by atoms with Crippen molar-refractivity contribution in [2.45, 2.75) is 38.0 Å². The Kier molecular flexibility index (Phi) is 5.26. The van der Waals surface area contributed by atoms with Crippen LogP contribution in [0.4, 0.5) is 17.6 Å². The van der Waals surface area contributed by atoms with Crippen molar-refractivity contribution >= 4 is 11.6 Å². The fourth-order valence-electron chi connectivity index (χ4n) is 2.21. The van der Waals surface area contributed by atoms with E-state index in [1.165, 1.54) is 41.6 Å². The van der Waals surface area contributed by atoms with Gasteiger partial charge in [0.05, 0.1) is 6.54 Å². The summed E-state index contributed by atoms with van der Waals surface area (Å²) in [4.78, 5) is 3.72. The van der Waals surface area contributed by atoms with Crippen molar-refractivity contribution in [2.75, 3.05) is 0 Å². The Labute approximate surface area is 135 Å². The molecule has 0 saturated carbocycles. The third-order valence-electron chi connectivity index (χ3n) is 3.41. The minimum Gasteiger partial charge on any atom is -0.302 e. The zero-order valence-electron chi connectivity index (χ0n) is 12.1. The normalized spacial score (nSPS) is 14.9. The van der Waals surface area contributed by atoms with Gasteiger partial charge in [-0.1, -0.05) is 30.7 Å². The van der Waals surface area contributed by atoms with E-state index in [-0.39, 0.29) is 13.0 Å². The van der Waals surface area contributed by atoms with E-state index in [0.29, 0.717) is 10.6 Å². The van der Waals surface area contributed by atoms with Crippen LogP contribution in [0.25, 0.3) is 0 Å². The number of hydrogen-bond acceptors (Lipinski definition) is 3. The van der Waals surface area contributed by atoms with Crippen molar-refractivity contribution in [2.24, 2.45) is 0 Å². The van der Waals surface area contributed by atoms with Crippen LogP contribution in [0.1, 0.15) is 18.9 Å². The lowest BCUT2D eigenvalue weighted by Crippen LogP contribution is -2.44. The molecule has 0 radical (unpaired) electrons. The van der Waals surface area contributed by atoms with Crippen LogP contribution in [-0.2, 0) is 16.9 Å². The van der Waals surface area contributed by atoms with E-state index in [1.54, 1.807) is 6.92 Å². The average Bonchev–Trinajstić information content (AvgIpc) is 2.99. The molecule has 0 aliphatic rings. The van der Waals surface area contributed by atoms with Gasteiger partial charge in [0, 0.05) is 5.02 Å². The van der Waals surface area contributed by atoms with E-state index < -0.39 is 18.1 Å². The van der Waals surface area contributed by atoms with Gasteiger partial charge in [-0.3, -0.25) is 0 Å². The summed E-state index contributed by atoms with van der Waals surface area (Å²) in [5, 5.41) is 4.22. The standard InChI is InChI=1S/C14H14ClF4N3O/c1-2-13(7-22-9-20-8-21-22,23-14(18,19)12(16)17)10-3-5-11(15)6-4-10/h3-6,8-9,12H,2,7H2,1H3. The van der Waals surface area contributed by atoms with Gasteiger partial charge in [-0.15, -0.1) is 0 Å². The van der Waals surface area contributed by atoms with Crippen LogP contribution in [0.2, 0.25) is 5.02 Å². The predicted octanol–water partition coefficient (Wildman–Crippen LogP) is 4.11. The van der Waals surface area contributed by atoms with Crippen molar-refractivity contribution in [3.8, 4) is 0 Å². The zero-order valence-corrected chi connectivity index (χ0v) is 12.9. The summed E-state index contributed by atoms with van der Waals surface area (Å²) in [6, 6.07) is 5.88. The fraction of sp³-hybridized carbons (Fsp3) is 0.429. The number of alkyl halides is 4. The van der Waals surface area contributed by atoms with Gasteiger partial charge in [-0.05, 0) is 24.1 Å². The van der Waals surface area contributed by atoms with Crippen LogP contribution < -0.4 is 0 Å². The summed E-state index contributed by atoms with van der Waals surface area (Å²) in [5.41, 5.74) is -1.42. The number of halogens is 5. The molecule has 0 saturated heterocycles. The molecule has 1 aromatic heterocycles. The monoisotopic (exact) mass is 351 g/mol. The number of rotatable bonds is 7. The first-order chi connectivity index (χ1) is 10.8. The summed E-state index contributed by atoms with van der Waals surface area (Å²) < 4.78 is 58.2. The lowest BCUT2D eigenvalue weighted by Gasteiger charge is -2.36. The highest BCUT2D eigenvalue weighted by atomic mass is 35.5. The van der Waals surface area contributed by atoms with Gasteiger partial charge in [-0.2, -0.15) is 13.9 Å². The Bertz CT molecular complexity index is 621. The van der Waals surface area contributed by atoms with Crippen molar-refractivity contribution in [3.05, 3.63) is 47.5 Å². The first-order valence-electron chi connectivity index (χ1n) is 6.73. The maximum absolute atomic E-state index is 13.6. The maximum atomic E-state index is 13.6. The van der Waals surface area contributed by atoms with Gasteiger partial charge in [0.15, 0.2) is 0 Å². The molecule has 0 fully saturated rings. The lowest BCUT2D eigenvalue weighted by molar-refractivity contribution is -0.350. The first-order valence-corrected chi connectivity index (χ1v) is 7.11. The van der Waals surface area contributed by atoms with Gasteiger partial charge in [0.25, 0.3) is 0 Å². The maximum Gasteiger partial charge on any atom is 0.417 e. The molecule has 1 heterocycles. The quantitative estimate of drug-likeness (QED) is 0.705. The molecule has 0 aliphatic heterocycles. The second kappa shape index (κ2) is 6.84. The molecular formula is C14H14ClF4N3O. The zero-order chi connectivity index (χ0) is 17.1. The van der Waals surface area contributed by atoms with E-state index in [4.69, 9.17) is 11.6 Å². The molecule has 0 N–H and O–H groups in total. The van der Waals surface area contributed by atoms with E-state index in [2.05, 4.69) is 14.8 Å². The second-order valence-corrected chi connectivity index (χ2v) is 5.35. The molecule has 1 aromatic carbocycles. The lowest BCUT2D eigenvalue weighted by atomic mass is 9.90. The molecule has 9 heteroatoms. The van der Waals surface area contributed by atoms with Crippen LogP contribution in [0.15, 0.2) is 36.9 Å². The Balaban J connectivity index is 2.45. The number of nitrogens with zero attached hydrogens (tertiary/aromatic N) is 3. The van der Waals surface area contributed by atoms with Gasteiger partial charge >= 0.3 is 12.5 Å². The molecule has 1 atom stereocenters. The van der Waals surface area contributed by atoms with Gasteiger partial charge in [0.2, 0.25) is 0 Å². The van der Waals surface area contributed by atoms with E-state index in [9.17, 15) is 17.6 Å². The number of ether oxygens (including phenoxy) is 1. The number of aromatic nitrogens is 3. The average molecular weight is 352 g/mol. The van der Waals surface area contributed by atoms with Gasteiger partial charge in [0.1, 0.15) is 18.3 Å². The van der Waals surface area contributed by atoms with E-state index in [1.807, 2.05) is 0 Å². The van der Waals surface area contributed by atoms with Crippen molar-refractivity contribution in [3.63, 3.8) is 0 Å². The second-order valence-electron chi connectivity index (χ2n) is 4.91. The van der Waals surface area contributed by atoms with Crippen LogP contribution in [0, 0.1) is 0 Å². The molecule has 0 spiro atoms. The number of hydrogen-bond donors (Lipinski definition) is 0.